The summed E-state index contributed by atoms with van der Waals surface area (Å²) in [6, 6.07) is 19.2. The van der Waals surface area contributed by atoms with Crippen LogP contribution in [0.3, 0.4) is 0 Å². The average Bonchev–Trinajstić information content (AvgIpc) is 2.98. The molecule has 25 heavy (non-hydrogen) atoms. The van der Waals surface area contributed by atoms with Crippen molar-refractivity contribution in [2.75, 3.05) is 13.1 Å². The second kappa shape index (κ2) is 7.32. The van der Waals surface area contributed by atoms with Crippen molar-refractivity contribution in [2.24, 2.45) is 7.05 Å². The summed E-state index contributed by atoms with van der Waals surface area (Å²) < 4.78 is 8.45. The molecule has 1 saturated heterocycles. The number of likely N-dealkylation sites (tertiary alicyclic amines) is 1. The first kappa shape index (κ1) is 16.2. The van der Waals surface area contributed by atoms with E-state index in [0.717, 1.165) is 12.3 Å². The van der Waals surface area contributed by atoms with E-state index in [2.05, 4.69) is 71.1 Å². The van der Waals surface area contributed by atoms with Gasteiger partial charge in [0.15, 0.2) is 0 Å². The fourth-order valence-corrected chi connectivity index (χ4v) is 3.77. The minimum atomic E-state index is 0.599. The number of benzene rings is 2. The Labute approximate surface area is 149 Å². The van der Waals surface area contributed by atoms with Crippen LogP contribution in [0.25, 0.3) is 10.9 Å². The lowest BCUT2D eigenvalue weighted by molar-refractivity contribution is 0.214. The van der Waals surface area contributed by atoms with Crippen LogP contribution in [0.5, 0.6) is 5.75 Å². The zero-order chi connectivity index (χ0) is 17.1. The third kappa shape index (κ3) is 3.57. The Balaban J connectivity index is 1.49. The summed E-state index contributed by atoms with van der Waals surface area (Å²) in [7, 11) is 2.11. The largest absolute Gasteiger partial charge is 0.487 e. The predicted molar refractivity (Wildman–Crippen MR) is 103 cm³/mol. The van der Waals surface area contributed by atoms with Crippen LogP contribution in [-0.2, 0) is 20.2 Å². The van der Waals surface area contributed by atoms with Crippen LogP contribution in [0, 0.1) is 0 Å². The van der Waals surface area contributed by atoms with Crippen LogP contribution >= 0.6 is 0 Å². The number of ether oxygens (including phenoxy) is 1. The van der Waals surface area contributed by atoms with Gasteiger partial charge in [0.2, 0.25) is 0 Å². The molecular formula is C22H26N2O. The first-order chi connectivity index (χ1) is 12.3. The molecule has 3 heteroatoms. The minimum absolute atomic E-state index is 0.599. The van der Waals surface area contributed by atoms with Crippen molar-refractivity contribution >= 4 is 10.9 Å². The van der Waals surface area contributed by atoms with Crippen molar-refractivity contribution in [1.82, 2.24) is 9.47 Å². The van der Waals surface area contributed by atoms with Crippen LogP contribution in [0.15, 0.2) is 54.6 Å². The Bertz CT molecular complexity index is 846. The summed E-state index contributed by atoms with van der Waals surface area (Å²) in [6.45, 7) is 4.00. The van der Waals surface area contributed by atoms with Crippen LogP contribution in [-0.4, -0.2) is 22.6 Å². The number of nitrogens with zero attached hydrogens (tertiary/aromatic N) is 2. The third-order valence-electron chi connectivity index (χ3n) is 5.24. The van der Waals surface area contributed by atoms with Crippen molar-refractivity contribution in [2.45, 2.75) is 32.4 Å². The second-order valence-corrected chi connectivity index (χ2v) is 6.99. The molecule has 2 heterocycles. The summed E-state index contributed by atoms with van der Waals surface area (Å²) in [5.41, 5.74) is 3.75. The van der Waals surface area contributed by atoms with Crippen molar-refractivity contribution in [1.29, 1.82) is 0 Å². The van der Waals surface area contributed by atoms with E-state index >= 15 is 0 Å². The molecule has 0 unspecified atom stereocenters. The summed E-state index contributed by atoms with van der Waals surface area (Å²) in [5.74, 6) is 1.01. The van der Waals surface area contributed by atoms with Gasteiger partial charge in [-0.3, -0.25) is 4.90 Å². The Kier molecular flexibility index (Phi) is 4.75. The van der Waals surface area contributed by atoms with Crippen molar-refractivity contribution in [3.63, 3.8) is 0 Å². The first-order valence-corrected chi connectivity index (χ1v) is 9.28. The van der Waals surface area contributed by atoms with E-state index in [9.17, 15) is 0 Å². The number of rotatable bonds is 5. The van der Waals surface area contributed by atoms with Gasteiger partial charge in [0.1, 0.15) is 12.4 Å². The van der Waals surface area contributed by atoms with Gasteiger partial charge in [-0.1, -0.05) is 42.8 Å². The molecule has 1 aromatic heterocycles. The SMILES string of the molecule is Cn1c(COc2ccccc2CN2CCCCC2)cc2ccccc21. The Morgan fingerprint density at radius 1 is 0.920 bits per heavy atom. The van der Waals surface area contributed by atoms with Crippen LogP contribution < -0.4 is 4.74 Å². The molecule has 0 amide bonds. The fourth-order valence-electron chi connectivity index (χ4n) is 3.77. The number of para-hydroxylation sites is 2. The number of aryl methyl sites for hydroxylation is 1. The van der Waals surface area contributed by atoms with E-state index in [1.807, 2.05) is 0 Å². The van der Waals surface area contributed by atoms with Crippen molar-refractivity contribution in [3.8, 4) is 5.75 Å². The van der Waals surface area contributed by atoms with Crippen LogP contribution in [0.4, 0.5) is 0 Å². The average molecular weight is 334 g/mol. The summed E-state index contributed by atoms with van der Waals surface area (Å²) in [4.78, 5) is 2.54. The Morgan fingerprint density at radius 3 is 2.52 bits per heavy atom. The molecule has 1 fully saturated rings. The third-order valence-corrected chi connectivity index (χ3v) is 5.24. The van der Waals surface area contributed by atoms with E-state index in [-0.39, 0.29) is 0 Å². The van der Waals surface area contributed by atoms with Crippen molar-refractivity contribution in [3.05, 3.63) is 65.9 Å². The quantitative estimate of drug-likeness (QED) is 0.670. The van der Waals surface area contributed by atoms with Gasteiger partial charge in [0, 0.05) is 24.7 Å². The summed E-state index contributed by atoms with van der Waals surface area (Å²) in [6.07, 6.45) is 4.01. The molecule has 1 aliphatic heterocycles. The van der Waals surface area contributed by atoms with E-state index in [1.165, 1.54) is 54.5 Å². The fraction of sp³-hybridized carbons (Fsp3) is 0.364. The lowest BCUT2D eigenvalue weighted by Gasteiger charge is -2.27. The molecular weight excluding hydrogens is 308 g/mol. The molecule has 0 aliphatic carbocycles. The number of fused-ring (bicyclic) bond motifs is 1. The van der Waals surface area contributed by atoms with Gasteiger partial charge in [-0.05, 0) is 49.5 Å². The number of piperidine rings is 1. The van der Waals surface area contributed by atoms with E-state index < -0.39 is 0 Å². The lowest BCUT2D eigenvalue weighted by atomic mass is 10.1. The highest BCUT2D eigenvalue weighted by molar-refractivity contribution is 5.81. The zero-order valence-electron chi connectivity index (χ0n) is 14.9. The topological polar surface area (TPSA) is 17.4 Å². The molecule has 1 aliphatic rings. The Hall–Kier alpha value is -2.26. The molecule has 4 rings (SSSR count). The highest BCUT2D eigenvalue weighted by Crippen LogP contribution is 2.24. The van der Waals surface area contributed by atoms with Crippen molar-refractivity contribution < 1.29 is 4.74 Å². The monoisotopic (exact) mass is 334 g/mol. The zero-order valence-corrected chi connectivity index (χ0v) is 14.9. The predicted octanol–water partition coefficient (Wildman–Crippen LogP) is 4.74. The van der Waals surface area contributed by atoms with E-state index in [0.29, 0.717) is 6.61 Å². The normalized spacial score (nSPS) is 15.6. The number of hydrogen-bond donors (Lipinski definition) is 0. The van der Waals surface area contributed by atoms with Gasteiger partial charge < -0.3 is 9.30 Å². The second-order valence-electron chi connectivity index (χ2n) is 6.99. The number of hydrogen-bond acceptors (Lipinski definition) is 2. The molecule has 130 valence electrons. The first-order valence-electron chi connectivity index (χ1n) is 9.28. The van der Waals surface area contributed by atoms with Gasteiger partial charge >= 0.3 is 0 Å². The van der Waals surface area contributed by atoms with Crippen LogP contribution in [0.2, 0.25) is 0 Å². The van der Waals surface area contributed by atoms with E-state index in [4.69, 9.17) is 4.74 Å². The molecule has 0 saturated carbocycles. The standard InChI is InChI=1S/C22H26N2O/c1-23-20(15-18-9-3-5-11-21(18)23)17-25-22-12-6-4-10-19(22)16-24-13-7-2-8-14-24/h3-6,9-12,15H,2,7-8,13-14,16-17H2,1H3. The highest BCUT2D eigenvalue weighted by atomic mass is 16.5. The molecule has 2 aromatic carbocycles. The van der Waals surface area contributed by atoms with Gasteiger partial charge in [0.25, 0.3) is 0 Å². The molecule has 0 spiro atoms. The minimum Gasteiger partial charge on any atom is -0.487 e. The summed E-state index contributed by atoms with van der Waals surface area (Å²) >= 11 is 0. The maximum absolute atomic E-state index is 6.23. The van der Waals surface area contributed by atoms with Gasteiger partial charge in [0.05, 0.1) is 5.69 Å². The molecule has 0 atom stereocenters. The molecule has 3 aromatic rings. The Morgan fingerprint density at radius 2 is 1.68 bits per heavy atom. The highest BCUT2D eigenvalue weighted by Gasteiger charge is 2.13. The molecule has 0 bridgehead atoms. The van der Waals surface area contributed by atoms with E-state index in [1.54, 1.807) is 0 Å². The number of aromatic nitrogens is 1. The lowest BCUT2D eigenvalue weighted by Crippen LogP contribution is -2.29. The smallest absolute Gasteiger partial charge is 0.128 e. The van der Waals surface area contributed by atoms with Gasteiger partial charge in [-0.2, -0.15) is 0 Å². The maximum atomic E-state index is 6.23. The molecule has 0 N–H and O–H groups in total. The van der Waals surface area contributed by atoms with Gasteiger partial charge in [-0.15, -0.1) is 0 Å². The van der Waals surface area contributed by atoms with Crippen LogP contribution in [0.1, 0.15) is 30.5 Å². The molecule has 0 radical (unpaired) electrons. The summed E-state index contributed by atoms with van der Waals surface area (Å²) in [5, 5.41) is 1.27. The van der Waals surface area contributed by atoms with Gasteiger partial charge in [-0.25, -0.2) is 0 Å². The molecule has 3 nitrogen and oxygen atoms in total. The maximum Gasteiger partial charge on any atom is 0.128 e.